The third-order valence-corrected chi connectivity index (χ3v) is 7.52. The summed E-state index contributed by atoms with van der Waals surface area (Å²) in [4.78, 5) is 17.1. The smallest absolute Gasteiger partial charge is 0.264 e. The van der Waals surface area contributed by atoms with Gasteiger partial charge in [-0.05, 0) is 72.1 Å². The highest BCUT2D eigenvalue weighted by molar-refractivity contribution is 7.92. The summed E-state index contributed by atoms with van der Waals surface area (Å²) in [7, 11) is -2.58. The molecule has 0 unspecified atom stereocenters. The molecule has 3 aromatic carbocycles. The second kappa shape index (κ2) is 11.2. The molecular formula is C27H24ClN3O4S. The van der Waals surface area contributed by atoms with Crippen LogP contribution in [0.4, 0.5) is 11.4 Å². The van der Waals surface area contributed by atoms with Crippen LogP contribution in [-0.2, 0) is 21.2 Å². The first-order valence-corrected chi connectivity index (χ1v) is 12.9. The van der Waals surface area contributed by atoms with E-state index in [1.165, 1.54) is 25.3 Å². The van der Waals surface area contributed by atoms with Gasteiger partial charge in [0.05, 0.1) is 22.7 Å². The van der Waals surface area contributed by atoms with E-state index in [-0.39, 0.29) is 15.6 Å². The van der Waals surface area contributed by atoms with Gasteiger partial charge >= 0.3 is 0 Å². The maximum absolute atomic E-state index is 13.5. The average molecular weight is 522 g/mol. The molecule has 0 atom stereocenters. The van der Waals surface area contributed by atoms with Gasteiger partial charge in [0.25, 0.3) is 10.0 Å². The van der Waals surface area contributed by atoms with Gasteiger partial charge in [0.15, 0.2) is 0 Å². The van der Waals surface area contributed by atoms with Crippen LogP contribution in [0.15, 0.2) is 102 Å². The molecule has 1 aromatic heterocycles. The van der Waals surface area contributed by atoms with E-state index in [0.29, 0.717) is 11.4 Å². The summed E-state index contributed by atoms with van der Waals surface area (Å²) in [6.07, 6.45) is 4.22. The Kier molecular flexibility index (Phi) is 7.87. The lowest BCUT2D eigenvalue weighted by molar-refractivity contribution is -0.114. The number of benzene rings is 3. The molecule has 1 heterocycles. The molecule has 0 radical (unpaired) electrons. The van der Waals surface area contributed by atoms with Crippen molar-refractivity contribution in [1.82, 2.24) is 4.98 Å². The molecule has 36 heavy (non-hydrogen) atoms. The molecule has 4 aromatic rings. The number of aromatic nitrogens is 1. The second-order valence-corrected chi connectivity index (χ2v) is 10.2. The van der Waals surface area contributed by atoms with Gasteiger partial charge in [-0.1, -0.05) is 41.9 Å². The third kappa shape index (κ3) is 6.02. The van der Waals surface area contributed by atoms with Crippen LogP contribution in [0.1, 0.15) is 11.1 Å². The van der Waals surface area contributed by atoms with Crippen LogP contribution in [0.25, 0.3) is 0 Å². The maximum Gasteiger partial charge on any atom is 0.264 e. The Bertz CT molecular complexity index is 1430. The number of pyridine rings is 1. The number of carbonyl (C=O) groups excluding carboxylic acids is 1. The number of nitrogens with one attached hydrogen (secondary N) is 1. The molecule has 0 saturated heterocycles. The molecule has 0 bridgehead atoms. The molecule has 0 fully saturated rings. The quantitative estimate of drug-likeness (QED) is 0.328. The predicted molar refractivity (Wildman–Crippen MR) is 141 cm³/mol. The van der Waals surface area contributed by atoms with Crippen molar-refractivity contribution in [1.29, 1.82) is 0 Å². The lowest BCUT2D eigenvalue weighted by Gasteiger charge is -2.24. The van der Waals surface area contributed by atoms with E-state index in [1.54, 1.807) is 54.9 Å². The number of hydrogen-bond acceptors (Lipinski definition) is 5. The Morgan fingerprint density at radius 3 is 2.25 bits per heavy atom. The number of nitrogens with zero attached hydrogens (tertiary/aromatic N) is 2. The Balaban J connectivity index is 1.55. The molecule has 184 valence electrons. The van der Waals surface area contributed by atoms with E-state index in [9.17, 15) is 13.2 Å². The predicted octanol–water partition coefficient (Wildman–Crippen LogP) is 5.17. The van der Waals surface area contributed by atoms with Crippen LogP contribution < -0.4 is 14.4 Å². The van der Waals surface area contributed by atoms with Gasteiger partial charge in [-0.25, -0.2) is 8.42 Å². The average Bonchev–Trinajstić information content (AvgIpc) is 2.89. The van der Waals surface area contributed by atoms with Crippen LogP contribution in [0.3, 0.4) is 0 Å². The van der Waals surface area contributed by atoms with Crippen molar-refractivity contribution < 1.29 is 17.9 Å². The van der Waals surface area contributed by atoms with E-state index < -0.39 is 22.5 Å². The third-order valence-electron chi connectivity index (χ3n) is 5.44. The first-order chi connectivity index (χ1) is 17.4. The zero-order valence-electron chi connectivity index (χ0n) is 19.5. The largest absolute Gasteiger partial charge is 0.495 e. The summed E-state index contributed by atoms with van der Waals surface area (Å²) < 4.78 is 33.1. The first-order valence-electron chi connectivity index (χ1n) is 11.1. The van der Waals surface area contributed by atoms with Gasteiger partial charge in [0, 0.05) is 18.1 Å². The molecule has 9 heteroatoms. The van der Waals surface area contributed by atoms with Crippen LogP contribution in [0.2, 0.25) is 5.02 Å². The van der Waals surface area contributed by atoms with Gasteiger partial charge in [0.2, 0.25) is 5.91 Å². The number of halogens is 1. The molecule has 0 saturated carbocycles. The fourth-order valence-corrected chi connectivity index (χ4v) is 5.30. The van der Waals surface area contributed by atoms with Gasteiger partial charge in [-0.15, -0.1) is 0 Å². The van der Waals surface area contributed by atoms with E-state index >= 15 is 0 Å². The number of carbonyl (C=O) groups is 1. The van der Waals surface area contributed by atoms with Gasteiger partial charge < -0.3 is 10.1 Å². The van der Waals surface area contributed by atoms with Crippen molar-refractivity contribution in [3.63, 3.8) is 0 Å². The van der Waals surface area contributed by atoms with Crippen LogP contribution in [0.5, 0.6) is 5.75 Å². The van der Waals surface area contributed by atoms with Crippen molar-refractivity contribution in [2.75, 3.05) is 23.3 Å². The van der Waals surface area contributed by atoms with Crippen molar-refractivity contribution in [3.05, 3.63) is 113 Å². The fraction of sp³-hybridized carbons (Fsp3) is 0.111. The number of hydrogen-bond donors (Lipinski definition) is 1. The normalized spacial score (nSPS) is 11.1. The Morgan fingerprint density at radius 2 is 1.61 bits per heavy atom. The van der Waals surface area contributed by atoms with E-state index in [4.69, 9.17) is 16.3 Å². The van der Waals surface area contributed by atoms with Gasteiger partial charge in [0.1, 0.15) is 12.3 Å². The van der Waals surface area contributed by atoms with Gasteiger partial charge in [-0.3, -0.25) is 14.1 Å². The van der Waals surface area contributed by atoms with Crippen LogP contribution in [-0.4, -0.2) is 33.0 Å². The highest BCUT2D eigenvalue weighted by Gasteiger charge is 2.27. The monoisotopic (exact) mass is 521 g/mol. The van der Waals surface area contributed by atoms with Crippen LogP contribution in [0, 0.1) is 0 Å². The minimum absolute atomic E-state index is 0.0604. The highest BCUT2D eigenvalue weighted by Crippen LogP contribution is 2.32. The standard InChI is InChI=1S/C27H24ClN3O4S/c1-35-26-12-11-23(18-25(26)28)31(36(33,34)24-5-3-2-4-6-24)19-27(32)30-22-9-7-20(8-10-22)17-21-13-15-29-16-14-21/h2-16,18H,17,19H2,1H3,(H,30,32). The summed E-state index contributed by atoms with van der Waals surface area (Å²) in [5.41, 5.74) is 3.00. The molecule has 4 rings (SSSR count). The number of amides is 1. The second-order valence-electron chi connectivity index (χ2n) is 7.92. The molecule has 0 aliphatic heterocycles. The minimum Gasteiger partial charge on any atom is -0.495 e. The summed E-state index contributed by atoms with van der Waals surface area (Å²) in [5.74, 6) is -0.0999. The van der Waals surface area contributed by atoms with Gasteiger partial charge in [-0.2, -0.15) is 0 Å². The number of sulfonamides is 1. The number of anilines is 2. The summed E-state index contributed by atoms with van der Waals surface area (Å²) >= 11 is 6.26. The molecule has 1 amide bonds. The van der Waals surface area contributed by atoms with E-state index in [1.807, 2.05) is 24.3 Å². The molecule has 0 aliphatic rings. The SMILES string of the molecule is COc1ccc(N(CC(=O)Nc2ccc(Cc3ccncc3)cc2)S(=O)(=O)c2ccccc2)cc1Cl. The zero-order valence-corrected chi connectivity index (χ0v) is 21.0. The topological polar surface area (TPSA) is 88.6 Å². The van der Waals surface area contributed by atoms with E-state index in [2.05, 4.69) is 10.3 Å². The van der Waals surface area contributed by atoms with E-state index in [0.717, 1.165) is 21.9 Å². The molecular weight excluding hydrogens is 498 g/mol. The summed E-state index contributed by atoms with van der Waals surface area (Å²) in [6, 6.07) is 23.8. The van der Waals surface area contributed by atoms with Crippen molar-refractivity contribution in [2.45, 2.75) is 11.3 Å². The first kappa shape index (κ1) is 25.2. The maximum atomic E-state index is 13.5. The van der Waals surface area contributed by atoms with Crippen molar-refractivity contribution in [2.24, 2.45) is 0 Å². The van der Waals surface area contributed by atoms with Crippen LogP contribution >= 0.6 is 11.6 Å². The number of ether oxygens (including phenoxy) is 1. The Labute approximate surface area is 215 Å². The molecule has 7 nitrogen and oxygen atoms in total. The van der Waals surface area contributed by atoms with Crippen molar-refractivity contribution >= 4 is 38.9 Å². The minimum atomic E-state index is -4.05. The lowest BCUT2D eigenvalue weighted by atomic mass is 10.1. The summed E-state index contributed by atoms with van der Waals surface area (Å²) in [6.45, 7) is -0.446. The number of rotatable bonds is 9. The molecule has 1 N–H and O–H groups in total. The fourth-order valence-electron chi connectivity index (χ4n) is 3.62. The Morgan fingerprint density at radius 1 is 0.944 bits per heavy atom. The highest BCUT2D eigenvalue weighted by atomic mass is 35.5. The lowest BCUT2D eigenvalue weighted by Crippen LogP contribution is -2.38. The molecule has 0 aliphatic carbocycles. The van der Waals surface area contributed by atoms with Crippen molar-refractivity contribution in [3.8, 4) is 5.75 Å². The number of methoxy groups -OCH3 is 1. The summed E-state index contributed by atoms with van der Waals surface area (Å²) in [5, 5.41) is 3.01. The Hall–Kier alpha value is -3.88. The molecule has 0 spiro atoms. The zero-order chi connectivity index (χ0) is 25.5.